The second kappa shape index (κ2) is 8.49. The lowest BCUT2D eigenvalue weighted by Gasteiger charge is -2.10. The molecular formula is C20H18ClN5O2. The first kappa shape index (κ1) is 19.3. The summed E-state index contributed by atoms with van der Waals surface area (Å²) in [5.41, 5.74) is 3.11. The smallest absolute Gasteiger partial charge is 0.275 e. The van der Waals surface area contributed by atoms with E-state index in [1.807, 2.05) is 19.1 Å². The number of aryl methyl sites for hydroxylation is 1. The van der Waals surface area contributed by atoms with Gasteiger partial charge >= 0.3 is 0 Å². The maximum absolute atomic E-state index is 12.4. The molecule has 0 atom stereocenters. The van der Waals surface area contributed by atoms with Gasteiger partial charge in [0.15, 0.2) is 0 Å². The van der Waals surface area contributed by atoms with E-state index in [4.69, 9.17) is 11.6 Å². The first-order valence-electron chi connectivity index (χ1n) is 8.45. The fraction of sp³-hybridized carbons (Fsp3) is 0.100. The highest BCUT2D eigenvalue weighted by molar-refractivity contribution is 6.30. The third-order valence-corrected chi connectivity index (χ3v) is 4.02. The van der Waals surface area contributed by atoms with Gasteiger partial charge in [0, 0.05) is 29.0 Å². The fourth-order valence-electron chi connectivity index (χ4n) is 2.45. The van der Waals surface area contributed by atoms with Crippen molar-refractivity contribution in [2.24, 2.45) is 0 Å². The number of hydrogen-bond acceptors (Lipinski definition) is 5. The summed E-state index contributed by atoms with van der Waals surface area (Å²) in [5, 5.41) is 9.12. The van der Waals surface area contributed by atoms with Crippen LogP contribution in [0.25, 0.3) is 0 Å². The summed E-state index contributed by atoms with van der Waals surface area (Å²) in [6, 6.07) is 12.3. The lowest BCUT2D eigenvalue weighted by molar-refractivity contribution is -0.114. The standard InChI is InChI=1S/C20H18ClN5O2/c1-12-6-7-14(21)8-17(12)26-19-11-22-18(10-23-19)20(28)25-16-5-3-4-15(9-16)24-13(2)27/h3-11H,1-2H3,(H,23,26)(H,24,27)(H,25,28). The Kier molecular flexibility index (Phi) is 5.86. The third kappa shape index (κ3) is 5.05. The molecule has 1 aromatic heterocycles. The summed E-state index contributed by atoms with van der Waals surface area (Å²) in [5.74, 6) is -0.0973. The Morgan fingerprint density at radius 1 is 0.964 bits per heavy atom. The highest BCUT2D eigenvalue weighted by atomic mass is 35.5. The van der Waals surface area contributed by atoms with Crippen molar-refractivity contribution in [2.45, 2.75) is 13.8 Å². The molecule has 0 aliphatic carbocycles. The van der Waals surface area contributed by atoms with Crippen molar-refractivity contribution in [3.05, 3.63) is 71.1 Å². The van der Waals surface area contributed by atoms with Gasteiger partial charge in [0.1, 0.15) is 11.5 Å². The lowest BCUT2D eigenvalue weighted by atomic mass is 10.2. The highest BCUT2D eigenvalue weighted by Crippen LogP contribution is 2.23. The Morgan fingerprint density at radius 3 is 2.39 bits per heavy atom. The van der Waals surface area contributed by atoms with Crippen LogP contribution in [0.2, 0.25) is 5.02 Å². The summed E-state index contributed by atoms with van der Waals surface area (Å²) in [7, 11) is 0. The van der Waals surface area contributed by atoms with Crippen molar-refractivity contribution in [3.8, 4) is 0 Å². The van der Waals surface area contributed by atoms with Crippen molar-refractivity contribution < 1.29 is 9.59 Å². The van der Waals surface area contributed by atoms with Crippen LogP contribution in [0.15, 0.2) is 54.9 Å². The minimum atomic E-state index is -0.405. The second-order valence-electron chi connectivity index (χ2n) is 6.09. The summed E-state index contributed by atoms with van der Waals surface area (Å²) in [4.78, 5) is 31.9. The zero-order valence-corrected chi connectivity index (χ0v) is 16.0. The molecule has 0 bridgehead atoms. The molecule has 3 rings (SSSR count). The Hall–Kier alpha value is -3.45. The summed E-state index contributed by atoms with van der Waals surface area (Å²) < 4.78 is 0. The van der Waals surface area contributed by atoms with Gasteiger partial charge in [-0.3, -0.25) is 9.59 Å². The fourth-order valence-corrected chi connectivity index (χ4v) is 2.62. The number of benzene rings is 2. The summed E-state index contributed by atoms with van der Waals surface area (Å²) in [6.45, 7) is 3.37. The zero-order valence-electron chi connectivity index (χ0n) is 15.3. The Morgan fingerprint density at radius 2 is 1.71 bits per heavy atom. The highest BCUT2D eigenvalue weighted by Gasteiger charge is 2.10. The van der Waals surface area contributed by atoms with E-state index in [1.165, 1.54) is 19.3 Å². The minimum Gasteiger partial charge on any atom is -0.339 e. The third-order valence-electron chi connectivity index (χ3n) is 3.79. The molecule has 7 nitrogen and oxygen atoms in total. The maximum Gasteiger partial charge on any atom is 0.275 e. The molecule has 0 aliphatic rings. The summed E-state index contributed by atoms with van der Waals surface area (Å²) in [6.07, 6.45) is 2.86. The number of nitrogens with zero attached hydrogens (tertiary/aromatic N) is 2. The van der Waals surface area contributed by atoms with Crippen molar-refractivity contribution in [1.29, 1.82) is 0 Å². The number of nitrogens with one attached hydrogen (secondary N) is 3. The zero-order chi connectivity index (χ0) is 20.1. The van der Waals surface area contributed by atoms with Crippen molar-refractivity contribution in [3.63, 3.8) is 0 Å². The van der Waals surface area contributed by atoms with Crippen molar-refractivity contribution in [2.75, 3.05) is 16.0 Å². The van der Waals surface area contributed by atoms with Crippen LogP contribution in [-0.2, 0) is 4.79 Å². The Balaban J connectivity index is 1.68. The van der Waals surface area contributed by atoms with Crippen molar-refractivity contribution >= 4 is 46.3 Å². The molecule has 8 heteroatoms. The molecular weight excluding hydrogens is 378 g/mol. The SMILES string of the molecule is CC(=O)Nc1cccc(NC(=O)c2cnc(Nc3cc(Cl)ccc3C)cn2)c1. The first-order chi connectivity index (χ1) is 13.4. The number of carbonyl (C=O) groups excluding carboxylic acids is 2. The van der Waals surface area contributed by atoms with Crippen LogP contribution >= 0.6 is 11.6 Å². The largest absolute Gasteiger partial charge is 0.339 e. The van der Waals surface area contributed by atoms with E-state index in [1.54, 1.807) is 30.3 Å². The number of anilines is 4. The topological polar surface area (TPSA) is 96.0 Å². The number of hydrogen-bond donors (Lipinski definition) is 3. The van der Waals surface area contributed by atoms with Gasteiger partial charge in [-0.1, -0.05) is 23.7 Å². The maximum atomic E-state index is 12.4. The van der Waals surface area contributed by atoms with E-state index in [0.717, 1.165) is 11.3 Å². The molecule has 3 N–H and O–H groups in total. The number of rotatable bonds is 5. The van der Waals surface area contributed by atoms with E-state index in [2.05, 4.69) is 25.9 Å². The van der Waals surface area contributed by atoms with Gasteiger partial charge in [-0.25, -0.2) is 9.97 Å². The van der Waals surface area contributed by atoms with Gasteiger partial charge < -0.3 is 16.0 Å². The number of halogens is 1. The van der Waals surface area contributed by atoms with Gasteiger partial charge in [0.2, 0.25) is 5.91 Å². The average molecular weight is 396 g/mol. The molecule has 0 saturated heterocycles. The van der Waals surface area contributed by atoms with Gasteiger partial charge in [-0.05, 0) is 42.8 Å². The van der Waals surface area contributed by atoms with Crippen LogP contribution in [0.1, 0.15) is 23.0 Å². The second-order valence-corrected chi connectivity index (χ2v) is 6.52. The number of amides is 2. The predicted octanol–water partition coefficient (Wildman–Crippen LogP) is 4.39. The predicted molar refractivity (Wildman–Crippen MR) is 110 cm³/mol. The molecule has 0 radical (unpaired) electrons. The Bertz CT molecular complexity index is 1020. The molecule has 0 spiro atoms. The number of aromatic nitrogens is 2. The van der Waals surface area contributed by atoms with E-state index >= 15 is 0 Å². The van der Waals surface area contributed by atoms with E-state index in [0.29, 0.717) is 22.2 Å². The molecule has 0 fully saturated rings. The Labute approximate surface area is 167 Å². The molecule has 28 heavy (non-hydrogen) atoms. The average Bonchev–Trinajstić information content (AvgIpc) is 2.65. The van der Waals surface area contributed by atoms with E-state index in [9.17, 15) is 9.59 Å². The van der Waals surface area contributed by atoms with Crippen LogP contribution in [0.5, 0.6) is 0 Å². The quantitative estimate of drug-likeness (QED) is 0.595. The lowest BCUT2D eigenvalue weighted by Crippen LogP contribution is -2.14. The van der Waals surface area contributed by atoms with Crippen LogP contribution in [0.4, 0.5) is 22.9 Å². The molecule has 1 heterocycles. The monoisotopic (exact) mass is 395 g/mol. The molecule has 3 aromatic rings. The van der Waals surface area contributed by atoms with Crippen LogP contribution in [0.3, 0.4) is 0 Å². The molecule has 0 unspecified atom stereocenters. The summed E-state index contributed by atoms with van der Waals surface area (Å²) >= 11 is 6.01. The molecule has 0 saturated carbocycles. The molecule has 0 aliphatic heterocycles. The molecule has 2 aromatic carbocycles. The van der Waals surface area contributed by atoms with Gasteiger partial charge in [0.05, 0.1) is 12.4 Å². The van der Waals surface area contributed by atoms with Gasteiger partial charge in [0.25, 0.3) is 5.91 Å². The van der Waals surface area contributed by atoms with Gasteiger partial charge in [-0.2, -0.15) is 0 Å². The van der Waals surface area contributed by atoms with Gasteiger partial charge in [-0.15, -0.1) is 0 Å². The normalized spacial score (nSPS) is 10.2. The molecule has 2 amide bonds. The van der Waals surface area contributed by atoms with Crippen LogP contribution in [-0.4, -0.2) is 21.8 Å². The van der Waals surface area contributed by atoms with E-state index < -0.39 is 5.91 Å². The first-order valence-corrected chi connectivity index (χ1v) is 8.83. The van der Waals surface area contributed by atoms with Crippen molar-refractivity contribution in [1.82, 2.24) is 9.97 Å². The minimum absolute atomic E-state index is 0.165. The van der Waals surface area contributed by atoms with E-state index in [-0.39, 0.29) is 11.6 Å². The number of carbonyl (C=O) groups is 2. The molecule has 142 valence electrons. The van der Waals surface area contributed by atoms with Crippen LogP contribution < -0.4 is 16.0 Å². The van der Waals surface area contributed by atoms with Crippen LogP contribution in [0, 0.1) is 6.92 Å².